The van der Waals surface area contributed by atoms with Gasteiger partial charge in [0, 0.05) is 12.7 Å². The Morgan fingerprint density at radius 2 is 2.27 bits per heavy atom. The molecule has 1 aromatic heterocycles. The molecule has 0 atom stereocenters. The monoisotopic (exact) mass is 207 g/mol. The Balaban J connectivity index is 1.95. The molecule has 0 unspecified atom stereocenters. The molecule has 1 saturated carbocycles. The summed E-state index contributed by atoms with van der Waals surface area (Å²) in [5, 5.41) is 4.58. The van der Waals surface area contributed by atoms with Crippen molar-refractivity contribution in [2.75, 3.05) is 6.54 Å². The summed E-state index contributed by atoms with van der Waals surface area (Å²) in [5.74, 6) is 0.655. The number of aromatic nitrogens is 2. The topological polar surface area (TPSA) is 43.8 Å². The zero-order chi connectivity index (χ0) is 10.9. The molecule has 1 heterocycles. The first-order chi connectivity index (χ1) is 7.13. The van der Waals surface area contributed by atoms with Gasteiger partial charge in [-0.1, -0.05) is 13.8 Å². The Hall–Kier alpha value is -0.830. The van der Waals surface area contributed by atoms with E-state index >= 15 is 0 Å². The Labute approximate surface area is 91.7 Å². The Morgan fingerprint density at radius 1 is 1.53 bits per heavy atom. The summed E-state index contributed by atoms with van der Waals surface area (Å²) in [4.78, 5) is 0. The standard InChI is InChI=1S/C12H21N3/c1-10(2)8-15-6-3-11(14-15)7-12(9-13)4-5-12/h3,6,10H,4-5,7-9,13H2,1-2H3. The van der Waals surface area contributed by atoms with Crippen LogP contribution in [0, 0.1) is 11.3 Å². The van der Waals surface area contributed by atoms with Crippen LogP contribution in [-0.4, -0.2) is 16.3 Å². The number of hydrogen-bond acceptors (Lipinski definition) is 2. The van der Waals surface area contributed by atoms with Crippen molar-refractivity contribution in [2.24, 2.45) is 17.1 Å². The van der Waals surface area contributed by atoms with Gasteiger partial charge in [-0.3, -0.25) is 4.68 Å². The third kappa shape index (κ3) is 2.59. The third-order valence-corrected chi connectivity index (χ3v) is 3.19. The second kappa shape index (κ2) is 3.97. The summed E-state index contributed by atoms with van der Waals surface area (Å²) in [6, 6.07) is 2.14. The smallest absolute Gasteiger partial charge is 0.0630 e. The maximum absolute atomic E-state index is 5.77. The predicted octanol–water partition coefficient (Wildman–Crippen LogP) is 1.82. The molecule has 2 rings (SSSR count). The van der Waals surface area contributed by atoms with Gasteiger partial charge >= 0.3 is 0 Å². The molecule has 0 aliphatic heterocycles. The highest BCUT2D eigenvalue weighted by Crippen LogP contribution is 2.46. The lowest BCUT2D eigenvalue weighted by atomic mass is 10.0. The fraction of sp³-hybridized carbons (Fsp3) is 0.750. The van der Waals surface area contributed by atoms with Crippen LogP contribution in [0.25, 0.3) is 0 Å². The first-order valence-corrected chi connectivity index (χ1v) is 5.86. The van der Waals surface area contributed by atoms with Crippen molar-refractivity contribution in [1.82, 2.24) is 9.78 Å². The van der Waals surface area contributed by atoms with Crippen molar-refractivity contribution in [3.8, 4) is 0 Å². The van der Waals surface area contributed by atoms with Gasteiger partial charge in [0.15, 0.2) is 0 Å². The van der Waals surface area contributed by atoms with Gasteiger partial charge in [0.05, 0.1) is 5.69 Å². The normalized spacial score (nSPS) is 18.4. The van der Waals surface area contributed by atoms with E-state index in [-0.39, 0.29) is 0 Å². The maximum Gasteiger partial charge on any atom is 0.0630 e. The van der Waals surface area contributed by atoms with Crippen molar-refractivity contribution in [3.63, 3.8) is 0 Å². The van der Waals surface area contributed by atoms with Crippen molar-refractivity contribution in [3.05, 3.63) is 18.0 Å². The van der Waals surface area contributed by atoms with E-state index in [2.05, 4.69) is 31.2 Å². The second-order valence-electron chi connectivity index (χ2n) is 5.30. The molecule has 0 amide bonds. The summed E-state index contributed by atoms with van der Waals surface area (Å²) in [6.45, 7) is 6.24. The number of hydrogen-bond donors (Lipinski definition) is 1. The summed E-state index contributed by atoms with van der Waals surface area (Å²) < 4.78 is 2.05. The average Bonchev–Trinajstić information content (AvgIpc) is 2.82. The minimum Gasteiger partial charge on any atom is -0.330 e. The van der Waals surface area contributed by atoms with Crippen LogP contribution >= 0.6 is 0 Å². The van der Waals surface area contributed by atoms with Crippen molar-refractivity contribution in [1.29, 1.82) is 0 Å². The Morgan fingerprint density at radius 3 is 2.80 bits per heavy atom. The Bertz CT molecular complexity index is 323. The molecule has 1 aromatic rings. The molecule has 3 nitrogen and oxygen atoms in total. The van der Waals surface area contributed by atoms with Gasteiger partial charge in [-0.2, -0.15) is 5.10 Å². The van der Waals surface area contributed by atoms with Crippen molar-refractivity contribution in [2.45, 2.75) is 39.7 Å². The quantitative estimate of drug-likeness (QED) is 0.800. The second-order valence-corrected chi connectivity index (χ2v) is 5.30. The zero-order valence-electron chi connectivity index (χ0n) is 9.74. The minimum atomic E-state index is 0.400. The molecule has 0 bridgehead atoms. The molecule has 84 valence electrons. The molecule has 1 fully saturated rings. The molecule has 2 N–H and O–H groups in total. The van der Waals surface area contributed by atoms with E-state index in [1.807, 2.05) is 4.68 Å². The van der Waals surface area contributed by atoms with Crippen LogP contribution in [-0.2, 0) is 13.0 Å². The molecule has 1 aliphatic rings. The van der Waals surface area contributed by atoms with Crippen LogP contribution in [0.4, 0.5) is 0 Å². The summed E-state index contributed by atoms with van der Waals surface area (Å²) >= 11 is 0. The molecule has 3 heteroatoms. The average molecular weight is 207 g/mol. The highest BCUT2D eigenvalue weighted by molar-refractivity contribution is 5.08. The number of nitrogens with zero attached hydrogens (tertiary/aromatic N) is 2. The molecule has 15 heavy (non-hydrogen) atoms. The van der Waals surface area contributed by atoms with Gasteiger partial charge in [0.25, 0.3) is 0 Å². The first kappa shape index (κ1) is 10.7. The molecule has 0 radical (unpaired) electrons. The van der Waals surface area contributed by atoms with E-state index in [1.165, 1.54) is 18.5 Å². The van der Waals surface area contributed by atoms with Crippen molar-refractivity contribution < 1.29 is 0 Å². The Kier molecular flexibility index (Phi) is 2.83. The SMILES string of the molecule is CC(C)Cn1ccc(CC2(CN)CC2)n1. The lowest BCUT2D eigenvalue weighted by Gasteiger charge is -2.09. The van der Waals surface area contributed by atoms with E-state index in [9.17, 15) is 0 Å². The van der Waals surface area contributed by atoms with Crippen LogP contribution in [0.1, 0.15) is 32.4 Å². The van der Waals surface area contributed by atoms with Gasteiger partial charge in [-0.05, 0) is 43.2 Å². The zero-order valence-corrected chi connectivity index (χ0v) is 9.74. The van der Waals surface area contributed by atoms with E-state index in [1.54, 1.807) is 0 Å². The fourth-order valence-electron chi connectivity index (χ4n) is 1.99. The molecule has 0 saturated heterocycles. The largest absolute Gasteiger partial charge is 0.330 e. The van der Waals surface area contributed by atoms with Gasteiger partial charge < -0.3 is 5.73 Å². The van der Waals surface area contributed by atoms with Gasteiger partial charge in [0.1, 0.15) is 0 Å². The predicted molar refractivity (Wildman–Crippen MR) is 61.5 cm³/mol. The van der Waals surface area contributed by atoms with Crippen LogP contribution in [0.5, 0.6) is 0 Å². The van der Waals surface area contributed by atoms with Crippen LogP contribution in [0.3, 0.4) is 0 Å². The molecular formula is C12H21N3. The number of nitrogens with two attached hydrogens (primary N) is 1. The molecular weight excluding hydrogens is 186 g/mol. The van der Waals surface area contributed by atoms with Crippen LogP contribution in [0.15, 0.2) is 12.3 Å². The maximum atomic E-state index is 5.77. The molecule has 0 spiro atoms. The van der Waals surface area contributed by atoms with E-state index in [4.69, 9.17) is 5.73 Å². The first-order valence-electron chi connectivity index (χ1n) is 5.86. The van der Waals surface area contributed by atoms with Gasteiger partial charge in [-0.25, -0.2) is 0 Å². The number of rotatable bonds is 5. The minimum absolute atomic E-state index is 0.400. The van der Waals surface area contributed by atoms with E-state index < -0.39 is 0 Å². The van der Waals surface area contributed by atoms with Crippen molar-refractivity contribution >= 4 is 0 Å². The summed E-state index contributed by atoms with van der Waals surface area (Å²) in [6.07, 6.45) is 5.71. The lowest BCUT2D eigenvalue weighted by molar-refractivity contribution is 0.466. The third-order valence-electron chi connectivity index (χ3n) is 3.19. The highest BCUT2D eigenvalue weighted by atomic mass is 15.3. The van der Waals surface area contributed by atoms with Gasteiger partial charge in [-0.15, -0.1) is 0 Å². The van der Waals surface area contributed by atoms with Crippen LogP contribution < -0.4 is 5.73 Å². The van der Waals surface area contributed by atoms with E-state index in [0.29, 0.717) is 11.3 Å². The molecule has 0 aromatic carbocycles. The molecule has 1 aliphatic carbocycles. The lowest BCUT2D eigenvalue weighted by Crippen LogP contribution is -2.18. The van der Waals surface area contributed by atoms with E-state index in [0.717, 1.165) is 19.5 Å². The van der Waals surface area contributed by atoms with Gasteiger partial charge in [0.2, 0.25) is 0 Å². The highest BCUT2D eigenvalue weighted by Gasteiger charge is 2.41. The van der Waals surface area contributed by atoms with Crippen LogP contribution in [0.2, 0.25) is 0 Å². The summed E-state index contributed by atoms with van der Waals surface area (Å²) in [5.41, 5.74) is 7.38. The summed E-state index contributed by atoms with van der Waals surface area (Å²) in [7, 11) is 0. The fourth-order valence-corrected chi connectivity index (χ4v) is 1.99.